The fourth-order valence-electron chi connectivity index (χ4n) is 3.25. The Morgan fingerprint density at radius 2 is 1.93 bits per heavy atom. The summed E-state index contributed by atoms with van der Waals surface area (Å²) >= 11 is 1.48. The molecule has 0 fully saturated rings. The highest BCUT2D eigenvalue weighted by Gasteiger charge is 2.17. The number of aromatic nitrogens is 5. The number of hydrogen-bond donors (Lipinski definition) is 0. The van der Waals surface area contributed by atoms with Gasteiger partial charge in [-0.3, -0.25) is 23.6 Å². The number of carbonyl (C=O) groups excluding carboxylic acids is 1. The fraction of sp³-hybridized carbons (Fsp3) is 0.316. The summed E-state index contributed by atoms with van der Waals surface area (Å²) in [5.74, 6) is -0.0474. The Kier molecular flexibility index (Phi) is 4.79. The molecule has 0 saturated carbocycles. The fourth-order valence-corrected chi connectivity index (χ4v) is 4.19. The molecule has 0 unspecified atom stereocenters. The van der Waals surface area contributed by atoms with Crippen molar-refractivity contribution < 1.29 is 4.79 Å². The van der Waals surface area contributed by atoms with Crippen molar-refractivity contribution in [1.29, 1.82) is 0 Å². The van der Waals surface area contributed by atoms with E-state index in [2.05, 4.69) is 9.97 Å². The Balaban J connectivity index is 1.48. The second-order valence-corrected chi connectivity index (χ2v) is 7.85. The van der Waals surface area contributed by atoms with Gasteiger partial charge < -0.3 is 4.57 Å². The Morgan fingerprint density at radius 3 is 2.69 bits per heavy atom. The Morgan fingerprint density at radius 1 is 1.17 bits per heavy atom. The number of benzene rings is 1. The van der Waals surface area contributed by atoms with E-state index in [1.165, 1.54) is 29.3 Å². The minimum absolute atomic E-state index is 0.0474. The van der Waals surface area contributed by atoms with Crippen LogP contribution < -0.4 is 16.1 Å². The van der Waals surface area contributed by atoms with Gasteiger partial charge in [0, 0.05) is 34.1 Å². The lowest BCUT2D eigenvalue weighted by Gasteiger charge is -2.13. The SMILES string of the molecule is CN(C(=O)CCCn1cnc2c1c(=O)n(C)c(=O)n2C)c1nc2ccccc2s1. The van der Waals surface area contributed by atoms with Crippen molar-refractivity contribution in [3.8, 4) is 0 Å². The van der Waals surface area contributed by atoms with Crippen molar-refractivity contribution in [2.45, 2.75) is 19.4 Å². The molecule has 0 aliphatic rings. The van der Waals surface area contributed by atoms with Gasteiger partial charge in [-0.15, -0.1) is 0 Å². The molecule has 3 aromatic heterocycles. The minimum atomic E-state index is -0.416. The zero-order valence-electron chi connectivity index (χ0n) is 16.3. The summed E-state index contributed by atoms with van der Waals surface area (Å²) in [6.45, 7) is 0.448. The zero-order valence-corrected chi connectivity index (χ0v) is 17.1. The molecule has 0 radical (unpaired) electrons. The minimum Gasteiger partial charge on any atom is -0.325 e. The van der Waals surface area contributed by atoms with Crippen LogP contribution in [0.1, 0.15) is 12.8 Å². The van der Waals surface area contributed by atoms with E-state index in [1.807, 2.05) is 24.3 Å². The Bertz CT molecular complexity index is 1310. The van der Waals surface area contributed by atoms with Gasteiger partial charge >= 0.3 is 5.69 Å². The molecule has 9 nitrogen and oxygen atoms in total. The van der Waals surface area contributed by atoms with Gasteiger partial charge in [-0.05, 0) is 18.6 Å². The molecule has 4 aromatic rings. The highest BCUT2D eigenvalue weighted by Crippen LogP contribution is 2.28. The van der Waals surface area contributed by atoms with Crippen LogP contribution >= 0.6 is 11.3 Å². The van der Waals surface area contributed by atoms with E-state index in [0.717, 1.165) is 14.8 Å². The third-order valence-corrected chi connectivity index (χ3v) is 6.06. The molecule has 0 saturated heterocycles. The standard InChI is InChI=1S/C19H20N6O3S/c1-22(18-21-12-7-4-5-8-13(12)29-18)14(26)9-6-10-25-11-20-16-15(25)17(27)24(3)19(28)23(16)2/h4-5,7-8,11H,6,9-10H2,1-3H3. The molecular weight excluding hydrogens is 392 g/mol. The second-order valence-electron chi connectivity index (χ2n) is 6.84. The van der Waals surface area contributed by atoms with Gasteiger partial charge in [-0.1, -0.05) is 23.5 Å². The Labute approximate surface area is 169 Å². The maximum absolute atomic E-state index is 12.6. The number of para-hydroxylation sites is 1. The van der Waals surface area contributed by atoms with E-state index in [1.54, 1.807) is 23.6 Å². The molecule has 0 aliphatic heterocycles. The van der Waals surface area contributed by atoms with E-state index in [9.17, 15) is 14.4 Å². The molecule has 0 atom stereocenters. The first-order chi connectivity index (χ1) is 13.9. The summed E-state index contributed by atoms with van der Waals surface area (Å²) in [6, 6.07) is 7.77. The number of imidazole rings is 1. The van der Waals surface area contributed by atoms with Crippen LogP contribution in [0.25, 0.3) is 21.4 Å². The van der Waals surface area contributed by atoms with E-state index in [-0.39, 0.29) is 5.91 Å². The Hall–Kier alpha value is -3.27. The maximum atomic E-state index is 12.6. The van der Waals surface area contributed by atoms with Gasteiger partial charge in [0.15, 0.2) is 16.3 Å². The number of thiazole rings is 1. The summed E-state index contributed by atoms with van der Waals surface area (Å²) in [5, 5.41) is 0.660. The van der Waals surface area contributed by atoms with Crippen LogP contribution in [-0.4, -0.2) is 36.6 Å². The van der Waals surface area contributed by atoms with Gasteiger partial charge in [0.25, 0.3) is 5.56 Å². The highest BCUT2D eigenvalue weighted by molar-refractivity contribution is 7.22. The molecule has 1 aromatic carbocycles. The number of anilines is 1. The molecule has 10 heteroatoms. The van der Waals surface area contributed by atoms with Crippen LogP contribution in [0, 0.1) is 0 Å². The van der Waals surface area contributed by atoms with Crippen LogP contribution in [0.5, 0.6) is 0 Å². The number of aryl methyl sites for hydroxylation is 2. The van der Waals surface area contributed by atoms with E-state index < -0.39 is 11.2 Å². The summed E-state index contributed by atoms with van der Waals surface area (Å²) in [7, 11) is 4.74. The van der Waals surface area contributed by atoms with Crippen LogP contribution in [0.4, 0.5) is 5.13 Å². The third kappa shape index (κ3) is 3.25. The second kappa shape index (κ2) is 7.28. The van der Waals surface area contributed by atoms with Gasteiger partial charge in [-0.2, -0.15) is 0 Å². The van der Waals surface area contributed by atoms with E-state index in [0.29, 0.717) is 35.7 Å². The van der Waals surface area contributed by atoms with E-state index in [4.69, 9.17) is 0 Å². The van der Waals surface area contributed by atoms with Crippen molar-refractivity contribution in [3.05, 3.63) is 51.4 Å². The predicted molar refractivity (Wildman–Crippen MR) is 112 cm³/mol. The third-order valence-electron chi connectivity index (χ3n) is 4.95. The van der Waals surface area contributed by atoms with Crippen LogP contribution in [0.15, 0.2) is 40.2 Å². The van der Waals surface area contributed by atoms with Crippen molar-refractivity contribution in [3.63, 3.8) is 0 Å². The smallest absolute Gasteiger partial charge is 0.325 e. The monoisotopic (exact) mass is 412 g/mol. The highest BCUT2D eigenvalue weighted by atomic mass is 32.1. The van der Waals surface area contributed by atoms with E-state index >= 15 is 0 Å². The normalized spacial score (nSPS) is 11.4. The number of carbonyl (C=O) groups is 1. The van der Waals surface area contributed by atoms with Crippen LogP contribution in [0.2, 0.25) is 0 Å². The lowest BCUT2D eigenvalue weighted by atomic mass is 10.3. The van der Waals surface area contributed by atoms with Crippen molar-refractivity contribution in [2.75, 3.05) is 11.9 Å². The summed E-state index contributed by atoms with van der Waals surface area (Å²) in [6.07, 6.45) is 2.37. The van der Waals surface area contributed by atoms with Gasteiger partial charge in [-0.25, -0.2) is 14.8 Å². The number of amides is 1. The quantitative estimate of drug-likeness (QED) is 0.495. The first-order valence-electron chi connectivity index (χ1n) is 9.11. The molecule has 0 spiro atoms. The van der Waals surface area contributed by atoms with Gasteiger partial charge in [0.1, 0.15) is 0 Å². The average molecular weight is 412 g/mol. The lowest BCUT2D eigenvalue weighted by Crippen LogP contribution is -2.37. The summed E-state index contributed by atoms with van der Waals surface area (Å²) in [5.41, 5.74) is 0.773. The summed E-state index contributed by atoms with van der Waals surface area (Å²) < 4.78 is 5.14. The topological polar surface area (TPSA) is 95.0 Å². The van der Waals surface area contributed by atoms with Crippen molar-refractivity contribution in [2.24, 2.45) is 14.1 Å². The summed E-state index contributed by atoms with van der Waals surface area (Å²) in [4.78, 5) is 47.3. The zero-order chi connectivity index (χ0) is 20.7. The molecule has 0 N–H and O–H groups in total. The van der Waals surface area contributed by atoms with Crippen molar-refractivity contribution in [1.82, 2.24) is 23.7 Å². The molecule has 3 heterocycles. The molecule has 150 valence electrons. The number of hydrogen-bond acceptors (Lipinski definition) is 6. The molecule has 29 heavy (non-hydrogen) atoms. The largest absolute Gasteiger partial charge is 0.332 e. The predicted octanol–water partition coefficient (Wildman–Crippen LogP) is 1.49. The number of nitrogens with zero attached hydrogens (tertiary/aromatic N) is 6. The molecule has 1 amide bonds. The first kappa shape index (κ1) is 19.1. The molecule has 0 aliphatic carbocycles. The molecule has 4 rings (SSSR count). The van der Waals surface area contributed by atoms with Crippen LogP contribution in [0.3, 0.4) is 0 Å². The average Bonchev–Trinajstić information content (AvgIpc) is 3.34. The van der Waals surface area contributed by atoms with Gasteiger partial charge in [0.2, 0.25) is 5.91 Å². The lowest BCUT2D eigenvalue weighted by molar-refractivity contribution is -0.118. The maximum Gasteiger partial charge on any atom is 0.332 e. The first-order valence-corrected chi connectivity index (χ1v) is 9.93. The number of rotatable bonds is 5. The molecular formula is C19H20N6O3S. The van der Waals surface area contributed by atoms with Crippen LogP contribution in [-0.2, 0) is 25.4 Å². The molecule has 0 bridgehead atoms. The van der Waals surface area contributed by atoms with Crippen molar-refractivity contribution >= 4 is 43.8 Å². The number of fused-ring (bicyclic) bond motifs is 2. The van der Waals surface area contributed by atoms with Gasteiger partial charge in [0.05, 0.1) is 16.5 Å².